The van der Waals surface area contributed by atoms with Crippen molar-refractivity contribution in [2.75, 3.05) is 25.9 Å². The molecule has 0 spiro atoms. The van der Waals surface area contributed by atoms with E-state index in [9.17, 15) is 23.1 Å². The summed E-state index contributed by atoms with van der Waals surface area (Å²) < 4.78 is 34.2. The molecule has 4 rings (SSSR count). The number of hydrogen-bond donors (Lipinski definition) is 3. The van der Waals surface area contributed by atoms with Gasteiger partial charge in [0.05, 0.1) is 29.3 Å². The van der Waals surface area contributed by atoms with Crippen LogP contribution in [0.5, 0.6) is 0 Å². The number of nitrogens with two attached hydrogens (primary N) is 1. The van der Waals surface area contributed by atoms with Crippen molar-refractivity contribution in [3.05, 3.63) is 113 Å². The highest BCUT2D eigenvalue weighted by molar-refractivity contribution is 7.89. The maximum atomic E-state index is 13.7. The first kappa shape index (κ1) is 35.3. The molecule has 0 aliphatic carbocycles. The van der Waals surface area contributed by atoms with E-state index in [2.05, 4.69) is 10.3 Å². The Labute approximate surface area is 276 Å². The summed E-state index contributed by atoms with van der Waals surface area (Å²) >= 11 is 0. The van der Waals surface area contributed by atoms with Crippen molar-refractivity contribution in [3.8, 4) is 0 Å². The smallest absolute Gasteiger partial charge is 0.254 e. The molecule has 1 aromatic heterocycles. The lowest BCUT2D eigenvalue weighted by atomic mass is 10.00. The van der Waals surface area contributed by atoms with Gasteiger partial charge >= 0.3 is 0 Å². The number of rotatable bonds is 14. The van der Waals surface area contributed by atoms with Crippen molar-refractivity contribution in [3.63, 3.8) is 0 Å². The standard InChI is InChI=1S/C35H43N5O6S/c1-23(2)20-40(47(44,45)30-16-14-29(36)15-17-30)21-32(41)31(18-26-10-7-6-8-11-26)38-34(42)27-12-9-13-28(19-27)35(43)39(5)22-33-24(3)37-25(4)46-33/h6-17,19,23,31-32,41H,18,20-22,36H2,1-5H3,(H,38,42)/t31-,32+/m0/s1. The van der Waals surface area contributed by atoms with Crippen molar-refractivity contribution in [1.82, 2.24) is 19.5 Å². The number of aliphatic hydroxyl groups is 1. The Bertz CT molecular complexity index is 1770. The summed E-state index contributed by atoms with van der Waals surface area (Å²) in [6.07, 6.45) is -1.03. The lowest BCUT2D eigenvalue weighted by Gasteiger charge is -2.31. The van der Waals surface area contributed by atoms with Gasteiger partial charge in [-0.1, -0.05) is 50.2 Å². The Morgan fingerprint density at radius 1 is 0.957 bits per heavy atom. The highest BCUT2D eigenvalue weighted by Crippen LogP contribution is 2.21. The van der Waals surface area contributed by atoms with Gasteiger partial charge in [0.25, 0.3) is 11.8 Å². The summed E-state index contributed by atoms with van der Waals surface area (Å²) in [7, 11) is -2.35. The van der Waals surface area contributed by atoms with Crippen molar-refractivity contribution in [1.29, 1.82) is 0 Å². The Hall–Kier alpha value is -4.52. The number of nitrogen functional groups attached to an aromatic ring is 1. The normalized spacial score (nSPS) is 13.0. The summed E-state index contributed by atoms with van der Waals surface area (Å²) in [4.78, 5) is 32.7. The van der Waals surface area contributed by atoms with Crippen LogP contribution in [0.15, 0.2) is 88.2 Å². The molecule has 2 amide bonds. The first-order chi connectivity index (χ1) is 22.2. The molecule has 0 radical (unpaired) electrons. The molecule has 11 nitrogen and oxygen atoms in total. The second-order valence-electron chi connectivity index (χ2n) is 12.1. The molecule has 12 heteroatoms. The molecule has 47 heavy (non-hydrogen) atoms. The average molecular weight is 662 g/mol. The number of anilines is 1. The number of aliphatic hydroxyl groups excluding tert-OH is 1. The molecule has 4 N–H and O–H groups in total. The summed E-state index contributed by atoms with van der Waals surface area (Å²) in [5, 5.41) is 14.5. The first-order valence-electron chi connectivity index (χ1n) is 15.4. The van der Waals surface area contributed by atoms with E-state index in [-0.39, 0.29) is 48.3 Å². The molecule has 0 bridgehead atoms. The predicted octanol–water partition coefficient (Wildman–Crippen LogP) is 4.19. The van der Waals surface area contributed by atoms with E-state index >= 15 is 0 Å². The number of nitrogens with zero attached hydrogens (tertiary/aromatic N) is 3. The van der Waals surface area contributed by atoms with Crippen LogP contribution in [-0.2, 0) is 23.0 Å². The zero-order valence-electron chi connectivity index (χ0n) is 27.4. The van der Waals surface area contributed by atoms with Crippen molar-refractivity contribution >= 4 is 27.5 Å². The van der Waals surface area contributed by atoms with Crippen LogP contribution in [0, 0.1) is 19.8 Å². The largest absolute Gasteiger partial charge is 0.444 e. The summed E-state index contributed by atoms with van der Waals surface area (Å²) in [6, 6.07) is 20.7. The number of nitrogens with one attached hydrogen (secondary N) is 1. The van der Waals surface area contributed by atoms with Gasteiger partial charge in [-0.3, -0.25) is 9.59 Å². The molecule has 2 atom stereocenters. The van der Waals surface area contributed by atoms with Crippen LogP contribution >= 0.6 is 0 Å². The quantitative estimate of drug-likeness (QED) is 0.170. The minimum Gasteiger partial charge on any atom is -0.444 e. The maximum Gasteiger partial charge on any atom is 0.254 e. The summed E-state index contributed by atoms with van der Waals surface area (Å²) in [5.74, 6) is 0.227. The van der Waals surface area contributed by atoms with Gasteiger partial charge in [-0.05, 0) is 67.3 Å². The average Bonchev–Trinajstić information content (AvgIpc) is 3.35. The van der Waals surface area contributed by atoms with Crippen LogP contribution in [0.3, 0.4) is 0 Å². The van der Waals surface area contributed by atoms with Crippen LogP contribution in [0.1, 0.15) is 57.5 Å². The van der Waals surface area contributed by atoms with E-state index in [1.165, 1.54) is 39.5 Å². The van der Waals surface area contributed by atoms with Gasteiger partial charge in [-0.2, -0.15) is 4.31 Å². The molecule has 0 unspecified atom stereocenters. The van der Waals surface area contributed by atoms with Crippen LogP contribution in [0.2, 0.25) is 0 Å². The van der Waals surface area contributed by atoms with Crippen molar-refractivity contribution in [2.24, 2.45) is 5.92 Å². The second kappa shape index (κ2) is 15.4. The van der Waals surface area contributed by atoms with Crippen LogP contribution in [-0.4, -0.2) is 71.8 Å². The molecule has 1 heterocycles. The van der Waals surface area contributed by atoms with E-state index < -0.39 is 28.1 Å². The van der Waals surface area contributed by atoms with E-state index in [1.807, 2.05) is 51.1 Å². The molecule has 0 saturated heterocycles. The Kier molecular flexibility index (Phi) is 11.6. The summed E-state index contributed by atoms with van der Waals surface area (Å²) in [5.41, 5.74) is 8.27. The number of aryl methyl sites for hydroxylation is 2. The predicted molar refractivity (Wildman–Crippen MR) is 180 cm³/mol. The zero-order valence-corrected chi connectivity index (χ0v) is 28.2. The van der Waals surface area contributed by atoms with Gasteiger partial charge in [0.1, 0.15) is 5.76 Å². The monoisotopic (exact) mass is 661 g/mol. The molecule has 0 fully saturated rings. The number of oxazole rings is 1. The number of aromatic nitrogens is 1. The molecule has 4 aromatic rings. The molecular weight excluding hydrogens is 618 g/mol. The number of carbonyl (C=O) groups is 2. The van der Waals surface area contributed by atoms with Crippen LogP contribution < -0.4 is 11.1 Å². The van der Waals surface area contributed by atoms with E-state index in [1.54, 1.807) is 32.2 Å². The van der Waals surface area contributed by atoms with Gasteiger partial charge in [-0.25, -0.2) is 13.4 Å². The molecular formula is C35H43N5O6S. The van der Waals surface area contributed by atoms with Crippen LogP contribution in [0.25, 0.3) is 0 Å². The summed E-state index contributed by atoms with van der Waals surface area (Å²) in [6.45, 7) is 7.43. The fourth-order valence-corrected chi connectivity index (χ4v) is 6.85. The highest BCUT2D eigenvalue weighted by atomic mass is 32.2. The molecule has 0 saturated carbocycles. The third-order valence-corrected chi connectivity index (χ3v) is 9.50. The number of benzene rings is 3. The lowest BCUT2D eigenvalue weighted by Crippen LogP contribution is -2.51. The first-order valence-corrected chi connectivity index (χ1v) is 16.9. The van der Waals surface area contributed by atoms with E-state index in [0.29, 0.717) is 28.6 Å². The minimum atomic E-state index is -3.99. The van der Waals surface area contributed by atoms with Crippen molar-refractivity contribution < 1.29 is 27.5 Å². The fourth-order valence-electron chi connectivity index (χ4n) is 5.23. The molecule has 3 aromatic carbocycles. The van der Waals surface area contributed by atoms with Gasteiger partial charge in [0.2, 0.25) is 10.0 Å². The third kappa shape index (κ3) is 9.28. The SMILES string of the molecule is Cc1nc(C)c(CN(C)C(=O)c2cccc(C(=O)N[C@@H](Cc3ccccc3)[C@H](O)CN(CC(C)C)S(=O)(=O)c3ccc(N)cc3)c2)o1. The topological polar surface area (TPSA) is 159 Å². The van der Waals surface area contributed by atoms with E-state index in [4.69, 9.17) is 10.2 Å². The Morgan fingerprint density at radius 3 is 2.23 bits per heavy atom. The number of hydrogen-bond acceptors (Lipinski definition) is 8. The van der Waals surface area contributed by atoms with Crippen LogP contribution in [0.4, 0.5) is 5.69 Å². The molecule has 0 aliphatic rings. The number of sulfonamides is 1. The van der Waals surface area contributed by atoms with Gasteiger partial charge in [0, 0.05) is 43.9 Å². The third-order valence-electron chi connectivity index (χ3n) is 7.66. The molecule has 250 valence electrons. The Balaban J connectivity index is 1.56. The lowest BCUT2D eigenvalue weighted by molar-refractivity contribution is 0.0772. The Morgan fingerprint density at radius 2 is 1.62 bits per heavy atom. The van der Waals surface area contributed by atoms with Gasteiger partial charge in [0.15, 0.2) is 5.89 Å². The maximum absolute atomic E-state index is 13.7. The second-order valence-corrected chi connectivity index (χ2v) is 14.0. The number of amides is 2. The van der Waals surface area contributed by atoms with Crippen molar-refractivity contribution in [2.45, 2.75) is 57.7 Å². The van der Waals surface area contributed by atoms with Gasteiger partial charge in [-0.15, -0.1) is 0 Å². The fraction of sp³-hybridized carbons (Fsp3) is 0.343. The molecule has 0 aliphatic heterocycles. The zero-order chi connectivity index (χ0) is 34.3. The highest BCUT2D eigenvalue weighted by Gasteiger charge is 2.31. The van der Waals surface area contributed by atoms with Gasteiger partial charge < -0.3 is 25.5 Å². The minimum absolute atomic E-state index is 0.0386. The van der Waals surface area contributed by atoms with E-state index in [0.717, 1.165) is 5.56 Å². The number of carbonyl (C=O) groups excluding carboxylic acids is 2.